The van der Waals surface area contributed by atoms with E-state index in [1.807, 2.05) is 42.5 Å². The SMILES string of the molecule is O=C(CCc1cccc(Cl)c1)NCc1ccccn1. The zero-order chi connectivity index (χ0) is 13.5. The molecule has 0 aliphatic rings. The van der Waals surface area contributed by atoms with E-state index in [1.54, 1.807) is 6.20 Å². The first-order chi connectivity index (χ1) is 9.24. The van der Waals surface area contributed by atoms with Gasteiger partial charge in [-0.2, -0.15) is 0 Å². The number of carbonyl (C=O) groups is 1. The first-order valence-corrected chi connectivity index (χ1v) is 6.53. The highest BCUT2D eigenvalue weighted by molar-refractivity contribution is 6.30. The van der Waals surface area contributed by atoms with Crippen molar-refractivity contribution in [1.82, 2.24) is 10.3 Å². The predicted molar refractivity (Wildman–Crippen MR) is 75.9 cm³/mol. The Bertz CT molecular complexity index is 543. The topological polar surface area (TPSA) is 42.0 Å². The monoisotopic (exact) mass is 274 g/mol. The number of hydrogen-bond donors (Lipinski definition) is 1. The number of benzene rings is 1. The molecule has 2 rings (SSSR count). The highest BCUT2D eigenvalue weighted by Gasteiger charge is 2.03. The molecule has 1 aromatic heterocycles. The maximum absolute atomic E-state index is 11.7. The van der Waals surface area contributed by atoms with E-state index in [2.05, 4.69) is 10.3 Å². The van der Waals surface area contributed by atoms with Crippen molar-refractivity contribution in [3.05, 3.63) is 64.9 Å². The van der Waals surface area contributed by atoms with Gasteiger partial charge in [0, 0.05) is 17.6 Å². The summed E-state index contributed by atoms with van der Waals surface area (Å²) in [6.45, 7) is 0.467. The average Bonchev–Trinajstić information content (AvgIpc) is 2.44. The number of aryl methyl sites for hydroxylation is 1. The van der Waals surface area contributed by atoms with Gasteiger partial charge in [0.2, 0.25) is 5.91 Å². The lowest BCUT2D eigenvalue weighted by Gasteiger charge is -2.05. The summed E-state index contributed by atoms with van der Waals surface area (Å²) in [7, 11) is 0. The molecule has 0 spiro atoms. The van der Waals surface area contributed by atoms with Crippen LogP contribution in [-0.2, 0) is 17.8 Å². The predicted octanol–water partition coefficient (Wildman–Crippen LogP) is 2.98. The second kappa shape index (κ2) is 6.90. The van der Waals surface area contributed by atoms with Gasteiger partial charge >= 0.3 is 0 Å². The van der Waals surface area contributed by atoms with E-state index in [1.165, 1.54) is 0 Å². The standard InChI is InChI=1S/C15H15ClN2O/c16-13-5-3-4-12(10-13)7-8-15(19)18-11-14-6-1-2-9-17-14/h1-6,9-10H,7-8,11H2,(H,18,19). The summed E-state index contributed by atoms with van der Waals surface area (Å²) in [4.78, 5) is 15.9. The maximum Gasteiger partial charge on any atom is 0.220 e. The number of nitrogens with one attached hydrogen (secondary N) is 1. The first-order valence-electron chi connectivity index (χ1n) is 6.15. The van der Waals surface area contributed by atoms with Crippen LogP contribution in [0.5, 0.6) is 0 Å². The van der Waals surface area contributed by atoms with Crippen LogP contribution < -0.4 is 5.32 Å². The summed E-state index contributed by atoms with van der Waals surface area (Å²) in [6.07, 6.45) is 2.86. The summed E-state index contributed by atoms with van der Waals surface area (Å²) in [5, 5.41) is 3.55. The van der Waals surface area contributed by atoms with Crippen molar-refractivity contribution >= 4 is 17.5 Å². The molecule has 19 heavy (non-hydrogen) atoms. The fourth-order valence-corrected chi connectivity index (χ4v) is 1.94. The number of pyridine rings is 1. The van der Waals surface area contributed by atoms with Gasteiger partial charge in [-0.1, -0.05) is 29.8 Å². The minimum absolute atomic E-state index is 0.0191. The van der Waals surface area contributed by atoms with Gasteiger partial charge in [-0.15, -0.1) is 0 Å². The molecule has 0 atom stereocenters. The van der Waals surface area contributed by atoms with Crippen LogP contribution in [0.15, 0.2) is 48.7 Å². The Kier molecular flexibility index (Phi) is 4.93. The van der Waals surface area contributed by atoms with E-state index >= 15 is 0 Å². The van der Waals surface area contributed by atoms with Gasteiger partial charge in [0.15, 0.2) is 0 Å². The lowest BCUT2D eigenvalue weighted by molar-refractivity contribution is -0.121. The lowest BCUT2D eigenvalue weighted by Crippen LogP contribution is -2.23. The Labute approximate surface area is 117 Å². The maximum atomic E-state index is 11.7. The van der Waals surface area contributed by atoms with Gasteiger partial charge in [0.1, 0.15) is 0 Å². The molecule has 0 aliphatic carbocycles. The molecule has 2 aromatic rings. The van der Waals surface area contributed by atoms with E-state index in [4.69, 9.17) is 11.6 Å². The molecule has 1 N–H and O–H groups in total. The number of amides is 1. The molecule has 1 aromatic carbocycles. The summed E-state index contributed by atoms with van der Waals surface area (Å²) in [5.74, 6) is 0.0191. The van der Waals surface area contributed by atoms with E-state index in [-0.39, 0.29) is 5.91 Å². The zero-order valence-corrected chi connectivity index (χ0v) is 11.2. The molecule has 0 radical (unpaired) electrons. The second-order valence-corrected chi connectivity index (χ2v) is 4.66. The fourth-order valence-electron chi connectivity index (χ4n) is 1.73. The van der Waals surface area contributed by atoms with Crippen molar-refractivity contribution in [3.8, 4) is 0 Å². The summed E-state index contributed by atoms with van der Waals surface area (Å²) < 4.78 is 0. The van der Waals surface area contributed by atoms with Gasteiger partial charge < -0.3 is 5.32 Å². The number of hydrogen-bond acceptors (Lipinski definition) is 2. The number of nitrogens with zero attached hydrogens (tertiary/aromatic N) is 1. The van der Waals surface area contributed by atoms with Gasteiger partial charge in [-0.3, -0.25) is 9.78 Å². The molecular formula is C15H15ClN2O. The minimum atomic E-state index is 0.0191. The van der Waals surface area contributed by atoms with Crippen LogP contribution in [0.4, 0.5) is 0 Å². The normalized spacial score (nSPS) is 10.2. The second-order valence-electron chi connectivity index (χ2n) is 4.23. The summed E-state index contributed by atoms with van der Waals surface area (Å²) in [6, 6.07) is 13.2. The Morgan fingerprint density at radius 3 is 2.84 bits per heavy atom. The van der Waals surface area contributed by atoms with Crippen molar-refractivity contribution in [2.75, 3.05) is 0 Å². The molecule has 0 aliphatic heterocycles. The molecule has 1 heterocycles. The molecular weight excluding hydrogens is 260 g/mol. The molecule has 3 nitrogen and oxygen atoms in total. The third-order valence-corrected chi connectivity index (χ3v) is 2.96. The Morgan fingerprint density at radius 1 is 1.21 bits per heavy atom. The van der Waals surface area contributed by atoms with E-state index in [0.29, 0.717) is 24.4 Å². The molecule has 0 saturated heterocycles. The first kappa shape index (κ1) is 13.6. The summed E-state index contributed by atoms with van der Waals surface area (Å²) >= 11 is 5.89. The number of carbonyl (C=O) groups excluding carboxylic acids is 1. The van der Waals surface area contributed by atoms with Crippen LogP contribution in [-0.4, -0.2) is 10.9 Å². The van der Waals surface area contributed by atoms with Gasteiger partial charge in [0.05, 0.1) is 12.2 Å². The van der Waals surface area contributed by atoms with Crippen molar-refractivity contribution in [2.24, 2.45) is 0 Å². The van der Waals surface area contributed by atoms with Crippen LogP contribution in [0, 0.1) is 0 Å². The minimum Gasteiger partial charge on any atom is -0.350 e. The molecule has 0 bridgehead atoms. The molecule has 4 heteroatoms. The molecule has 1 amide bonds. The Balaban J connectivity index is 1.76. The van der Waals surface area contributed by atoms with Crippen LogP contribution in [0.3, 0.4) is 0 Å². The van der Waals surface area contributed by atoms with Crippen LogP contribution in [0.2, 0.25) is 5.02 Å². The Hall–Kier alpha value is -1.87. The largest absolute Gasteiger partial charge is 0.350 e. The lowest BCUT2D eigenvalue weighted by atomic mass is 10.1. The number of rotatable bonds is 5. The van der Waals surface area contributed by atoms with Gasteiger partial charge in [-0.05, 0) is 36.2 Å². The number of aromatic nitrogens is 1. The third-order valence-electron chi connectivity index (χ3n) is 2.72. The van der Waals surface area contributed by atoms with Crippen molar-refractivity contribution in [2.45, 2.75) is 19.4 Å². The molecule has 98 valence electrons. The quantitative estimate of drug-likeness (QED) is 0.911. The van der Waals surface area contributed by atoms with Gasteiger partial charge in [0.25, 0.3) is 0 Å². The van der Waals surface area contributed by atoms with Crippen molar-refractivity contribution < 1.29 is 4.79 Å². The highest BCUT2D eigenvalue weighted by Crippen LogP contribution is 2.12. The van der Waals surface area contributed by atoms with Crippen molar-refractivity contribution in [3.63, 3.8) is 0 Å². The third kappa shape index (κ3) is 4.72. The smallest absolute Gasteiger partial charge is 0.220 e. The van der Waals surface area contributed by atoms with Crippen LogP contribution >= 0.6 is 11.6 Å². The van der Waals surface area contributed by atoms with E-state index < -0.39 is 0 Å². The number of halogens is 1. The summed E-state index contributed by atoms with van der Waals surface area (Å²) in [5.41, 5.74) is 1.93. The van der Waals surface area contributed by atoms with E-state index in [0.717, 1.165) is 11.3 Å². The molecule has 0 saturated carbocycles. The zero-order valence-electron chi connectivity index (χ0n) is 10.5. The van der Waals surface area contributed by atoms with Crippen LogP contribution in [0.25, 0.3) is 0 Å². The Morgan fingerprint density at radius 2 is 2.11 bits per heavy atom. The van der Waals surface area contributed by atoms with Gasteiger partial charge in [-0.25, -0.2) is 0 Å². The van der Waals surface area contributed by atoms with Crippen LogP contribution in [0.1, 0.15) is 17.7 Å². The average molecular weight is 275 g/mol. The highest BCUT2D eigenvalue weighted by atomic mass is 35.5. The van der Waals surface area contributed by atoms with E-state index in [9.17, 15) is 4.79 Å². The molecule has 0 unspecified atom stereocenters. The molecule has 0 fully saturated rings. The fraction of sp³-hybridized carbons (Fsp3) is 0.200. The van der Waals surface area contributed by atoms with Crippen molar-refractivity contribution in [1.29, 1.82) is 0 Å².